The van der Waals surface area contributed by atoms with Crippen LogP contribution in [0.1, 0.15) is 13.3 Å². The maximum Gasteiger partial charge on any atom is 0.142 e. The van der Waals surface area contributed by atoms with Gasteiger partial charge in [-0.25, -0.2) is 4.98 Å². The Morgan fingerprint density at radius 1 is 1.00 bits per heavy atom. The Balaban J connectivity index is 1.81. The first-order chi connectivity index (χ1) is 14.6. The van der Waals surface area contributed by atoms with E-state index in [1.807, 2.05) is 37.5 Å². The molecule has 4 rings (SSSR count). The van der Waals surface area contributed by atoms with E-state index in [9.17, 15) is 0 Å². The number of aryl methyl sites for hydroxylation is 1. The average Bonchev–Trinajstić information content (AvgIpc) is 3.22. The highest BCUT2D eigenvalue weighted by Gasteiger charge is 2.16. The maximum absolute atomic E-state index is 5.63. The zero-order valence-corrected chi connectivity index (χ0v) is 17.7. The van der Waals surface area contributed by atoms with Gasteiger partial charge in [0.25, 0.3) is 0 Å². The lowest BCUT2D eigenvalue weighted by Gasteiger charge is -2.27. The third kappa shape index (κ3) is 3.78. The van der Waals surface area contributed by atoms with Crippen LogP contribution >= 0.6 is 0 Å². The van der Waals surface area contributed by atoms with Gasteiger partial charge in [0, 0.05) is 37.1 Å². The minimum atomic E-state index is 0.784. The number of hydrogen-bond donors (Lipinski definition) is 0. The van der Waals surface area contributed by atoms with Gasteiger partial charge in [-0.05, 0) is 36.8 Å². The summed E-state index contributed by atoms with van der Waals surface area (Å²) in [6.07, 6.45) is 6.49. The first kappa shape index (κ1) is 19.7. The van der Waals surface area contributed by atoms with E-state index in [1.54, 1.807) is 31.3 Å². The van der Waals surface area contributed by atoms with E-state index in [0.717, 1.165) is 58.1 Å². The standard InChI is InChI=1S/C23H25N5O2/c1-5-10-28(22-12-18(29-3)7-9-23(22)30-4)17-6-8-19-20(11-17)26-21(14-24-19)16-13-25-27(2)15-16/h6-9,11-15H,5,10H2,1-4H3. The van der Waals surface area contributed by atoms with Crippen molar-refractivity contribution >= 4 is 22.4 Å². The van der Waals surface area contributed by atoms with Crippen molar-refractivity contribution in [1.82, 2.24) is 19.7 Å². The molecular formula is C23H25N5O2. The van der Waals surface area contributed by atoms with Crippen molar-refractivity contribution in [3.05, 3.63) is 55.0 Å². The molecule has 7 heteroatoms. The Labute approximate surface area is 175 Å². The van der Waals surface area contributed by atoms with Crippen molar-refractivity contribution in [2.75, 3.05) is 25.7 Å². The molecule has 0 amide bonds. The molecule has 0 N–H and O–H groups in total. The Bertz CT molecular complexity index is 1170. The number of hydrogen-bond acceptors (Lipinski definition) is 6. The summed E-state index contributed by atoms with van der Waals surface area (Å²) in [7, 11) is 5.24. The number of fused-ring (bicyclic) bond motifs is 1. The minimum absolute atomic E-state index is 0.784. The number of methoxy groups -OCH3 is 2. The van der Waals surface area contributed by atoms with Gasteiger partial charge in [0.05, 0.1) is 49.0 Å². The number of aromatic nitrogens is 4. The second-order valence-electron chi connectivity index (χ2n) is 7.02. The van der Waals surface area contributed by atoms with E-state index in [4.69, 9.17) is 14.5 Å². The molecule has 4 aromatic rings. The highest BCUT2D eigenvalue weighted by atomic mass is 16.5. The molecule has 0 atom stereocenters. The van der Waals surface area contributed by atoms with E-state index >= 15 is 0 Å². The maximum atomic E-state index is 5.63. The van der Waals surface area contributed by atoms with Crippen LogP contribution in [0, 0.1) is 0 Å². The SMILES string of the molecule is CCCN(c1ccc2ncc(-c3cnn(C)c3)nc2c1)c1cc(OC)ccc1OC. The normalized spacial score (nSPS) is 10.9. The molecule has 0 fully saturated rings. The third-order valence-electron chi connectivity index (χ3n) is 4.96. The molecule has 2 heterocycles. The molecule has 0 aliphatic rings. The van der Waals surface area contributed by atoms with Gasteiger partial charge < -0.3 is 14.4 Å². The number of benzene rings is 2. The fraction of sp³-hybridized carbons (Fsp3) is 0.261. The Kier molecular flexibility index (Phi) is 5.52. The summed E-state index contributed by atoms with van der Waals surface area (Å²) in [5, 5.41) is 4.23. The highest BCUT2D eigenvalue weighted by Crippen LogP contribution is 2.37. The van der Waals surface area contributed by atoms with Crippen LogP contribution in [-0.2, 0) is 7.05 Å². The van der Waals surface area contributed by atoms with Gasteiger partial charge >= 0.3 is 0 Å². The van der Waals surface area contributed by atoms with Crippen LogP contribution < -0.4 is 14.4 Å². The molecule has 2 aromatic heterocycles. The van der Waals surface area contributed by atoms with Crippen molar-refractivity contribution in [3.63, 3.8) is 0 Å². The molecule has 30 heavy (non-hydrogen) atoms. The molecule has 0 aliphatic carbocycles. The predicted octanol–water partition coefficient (Wildman–Crippen LogP) is 4.60. The number of rotatable bonds is 7. The second kappa shape index (κ2) is 8.41. The van der Waals surface area contributed by atoms with Gasteiger partial charge in [0.1, 0.15) is 11.5 Å². The zero-order valence-electron chi connectivity index (χ0n) is 17.7. The van der Waals surface area contributed by atoms with Crippen LogP contribution in [0.5, 0.6) is 11.5 Å². The molecule has 0 spiro atoms. The lowest BCUT2D eigenvalue weighted by molar-refractivity contribution is 0.403. The van der Waals surface area contributed by atoms with Crippen LogP contribution in [0.4, 0.5) is 11.4 Å². The summed E-state index contributed by atoms with van der Waals surface area (Å²) >= 11 is 0. The number of ether oxygens (including phenoxy) is 2. The van der Waals surface area contributed by atoms with Crippen molar-refractivity contribution in [3.8, 4) is 22.8 Å². The molecule has 0 bridgehead atoms. The van der Waals surface area contributed by atoms with Gasteiger partial charge in [0.2, 0.25) is 0 Å². The Morgan fingerprint density at radius 3 is 2.57 bits per heavy atom. The van der Waals surface area contributed by atoms with Gasteiger partial charge in [-0.1, -0.05) is 6.92 Å². The summed E-state index contributed by atoms with van der Waals surface area (Å²) in [6.45, 7) is 2.98. The quantitative estimate of drug-likeness (QED) is 0.449. The molecule has 2 aromatic carbocycles. The Hall–Kier alpha value is -3.61. The van der Waals surface area contributed by atoms with E-state index in [-0.39, 0.29) is 0 Å². The summed E-state index contributed by atoms with van der Waals surface area (Å²) in [5.74, 6) is 1.57. The van der Waals surface area contributed by atoms with Crippen molar-refractivity contribution in [2.24, 2.45) is 7.05 Å². The van der Waals surface area contributed by atoms with Gasteiger partial charge in [-0.2, -0.15) is 5.10 Å². The molecule has 0 saturated carbocycles. The monoisotopic (exact) mass is 403 g/mol. The third-order valence-corrected chi connectivity index (χ3v) is 4.96. The molecule has 0 saturated heterocycles. The van der Waals surface area contributed by atoms with Gasteiger partial charge in [0.15, 0.2) is 0 Å². The lowest BCUT2D eigenvalue weighted by Crippen LogP contribution is -2.18. The van der Waals surface area contributed by atoms with Gasteiger partial charge in [-0.3, -0.25) is 9.67 Å². The van der Waals surface area contributed by atoms with Crippen LogP contribution in [0.25, 0.3) is 22.3 Å². The number of nitrogens with zero attached hydrogens (tertiary/aromatic N) is 5. The van der Waals surface area contributed by atoms with Crippen LogP contribution in [0.3, 0.4) is 0 Å². The summed E-state index contributed by atoms with van der Waals surface area (Å²) in [6, 6.07) is 12.0. The first-order valence-corrected chi connectivity index (χ1v) is 9.88. The van der Waals surface area contributed by atoms with Crippen molar-refractivity contribution < 1.29 is 9.47 Å². The molecule has 0 unspecified atom stereocenters. The van der Waals surface area contributed by atoms with Crippen LogP contribution in [-0.4, -0.2) is 40.5 Å². The largest absolute Gasteiger partial charge is 0.497 e. The minimum Gasteiger partial charge on any atom is -0.497 e. The van der Waals surface area contributed by atoms with Crippen LogP contribution in [0.15, 0.2) is 55.0 Å². The molecule has 154 valence electrons. The molecular weight excluding hydrogens is 378 g/mol. The topological polar surface area (TPSA) is 65.3 Å². The van der Waals surface area contributed by atoms with E-state index < -0.39 is 0 Å². The fourth-order valence-electron chi connectivity index (χ4n) is 3.48. The van der Waals surface area contributed by atoms with E-state index in [0.29, 0.717) is 0 Å². The number of anilines is 2. The second-order valence-corrected chi connectivity index (χ2v) is 7.02. The van der Waals surface area contributed by atoms with Crippen molar-refractivity contribution in [2.45, 2.75) is 13.3 Å². The van der Waals surface area contributed by atoms with E-state index in [2.05, 4.69) is 34.0 Å². The van der Waals surface area contributed by atoms with Crippen LogP contribution in [0.2, 0.25) is 0 Å². The molecule has 7 nitrogen and oxygen atoms in total. The van der Waals surface area contributed by atoms with Crippen molar-refractivity contribution in [1.29, 1.82) is 0 Å². The zero-order chi connectivity index (χ0) is 21.1. The summed E-state index contributed by atoms with van der Waals surface area (Å²) in [5.41, 5.74) is 5.39. The smallest absolute Gasteiger partial charge is 0.142 e. The molecule has 0 aliphatic heterocycles. The lowest BCUT2D eigenvalue weighted by atomic mass is 10.1. The Morgan fingerprint density at radius 2 is 1.87 bits per heavy atom. The summed E-state index contributed by atoms with van der Waals surface area (Å²) < 4.78 is 12.8. The summed E-state index contributed by atoms with van der Waals surface area (Å²) in [4.78, 5) is 11.6. The predicted molar refractivity (Wildman–Crippen MR) is 119 cm³/mol. The first-order valence-electron chi connectivity index (χ1n) is 9.88. The van der Waals surface area contributed by atoms with Gasteiger partial charge in [-0.15, -0.1) is 0 Å². The fourth-order valence-corrected chi connectivity index (χ4v) is 3.48. The average molecular weight is 403 g/mol. The van der Waals surface area contributed by atoms with E-state index in [1.165, 1.54) is 0 Å². The molecule has 0 radical (unpaired) electrons. The highest BCUT2D eigenvalue weighted by molar-refractivity contribution is 5.83.